The molecule has 6 rings (SSSR count). The van der Waals surface area contributed by atoms with Crippen LogP contribution in [0, 0.1) is 0 Å². The van der Waals surface area contributed by atoms with Gasteiger partial charge in [-0.1, -0.05) is 121 Å². The molecule has 0 aliphatic carbocycles. The molecule has 0 saturated carbocycles. The van der Waals surface area contributed by atoms with E-state index in [-0.39, 0.29) is 0 Å². The highest BCUT2D eigenvalue weighted by Gasteiger charge is 2.35. The Morgan fingerprint density at radius 1 is 0.391 bits per heavy atom. The van der Waals surface area contributed by atoms with Gasteiger partial charge >= 0.3 is 0 Å². The second-order valence-corrected chi connectivity index (χ2v) is 14.4. The minimum Gasteiger partial charge on any atom is -0.494 e. The van der Waals surface area contributed by atoms with Crippen LogP contribution < -0.4 is 50.8 Å². The molecule has 0 radical (unpaired) electrons. The lowest BCUT2D eigenvalue weighted by Gasteiger charge is -2.29. The van der Waals surface area contributed by atoms with Crippen LogP contribution in [0.25, 0.3) is 11.1 Å². The number of methoxy groups -OCH3 is 4. The normalized spacial score (nSPS) is 11.0. The number of hydrogen-bond acceptors (Lipinski definition) is 6. The number of pyridine rings is 2. The first kappa shape index (κ1) is 31.2. The number of aromatic nitrogens is 2. The Balaban J connectivity index is 1.79. The zero-order valence-electron chi connectivity index (χ0n) is 26.1. The van der Waals surface area contributed by atoms with Gasteiger partial charge in [-0.15, -0.1) is 0 Å². The van der Waals surface area contributed by atoms with Gasteiger partial charge in [-0.25, -0.2) is 9.97 Å². The first-order valence-electron chi connectivity index (χ1n) is 14.7. The summed E-state index contributed by atoms with van der Waals surface area (Å²) in [4.78, 5) is 9.60. The van der Waals surface area contributed by atoms with Gasteiger partial charge in [0.1, 0.15) is 11.5 Å². The zero-order valence-corrected chi connectivity index (χ0v) is 27.9. The summed E-state index contributed by atoms with van der Waals surface area (Å²) in [5.74, 6) is 2.19. The number of hydrogen-bond donors (Lipinski definition) is 0. The monoisotopic (exact) mass is 644 g/mol. The number of nitrogens with zero attached hydrogens (tertiary/aromatic N) is 2. The Morgan fingerprint density at radius 3 is 0.913 bits per heavy atom. The number of rotatable bonds is 11. The summed E-state index contributed by atoms with van der Waals surface area (Å²) in [6.45, 7) is 0. The van der Waals surface area contributed by atoms with Crippen LogP contribution in [0.3, 0.4) is 0 Å². The topological polar surface area (TPSA) is 62.7 Å². The lowest BCUT2D eigenvalue weighted by Crippen LogP contribution is -2.28. The summed E-state index contributed by atoms with van der Waals surface area (Å²) < 4.78 is 24.5. The Kier molecular flexibility index (Phi) is 9.88. The summed E-state index contributed by atoms with van der Waals surface area (Å²) in [5, 5.41) is 6.52. The minimum absolute atomic E-state index is 0.445. The van der Waals surface area contributed by atoms with Crippen LogP contribution in [0.15, 0.2) is 134 Å². The highest BCUT2D eigenvalue weighted by molar-refractivity contribution is 7.81. The fourth-order valence-electron chi connectivity index (χ4n) is 5.56. The Bertz CT molecular complexity index is 1670. The van der Waals surface area contributed by atoms with Gasteiger partial charge in [-0.05, 0) is 37.1 Å². The van der Waals surface area contributed by atoms with Crippen LogP contribution in [-0.2, 0) is 0 Å². The third-order valence-electron chi connectivity index (χ3n) is 7.55. The second kappa shape index (κ2) is 14.6. The van der Waals surface area contributed by atoms with Gasteiger partial charge in [0.25, 0.3) is 0 Å². The second-order valence-electron chi connectivity index (χ2n) is 10.1. The third-order valence-corrected chi connectivity index (χ3v) is 12.6. The summed E-state index contributed by atoms with van der Waals surface area (Å²) in [7, 11) is 4.31. The van der Waals surface area contributed by atoms with Gasteiger partial charge in [0.2, 0.25) is 11.8 Å². The summed E-state index contributed by atoms with van der Waals surface area (Å²) in [5.41, 5.74) is 1.52. The average Bonchev–Trinajstić information content (AvgIpc) is 3.13. The molecule has 2 heterocycles. The van der Waals surface area contributed by atoms with Gasteiger partial charge in [0.15, 0.2) is 0 Å². The molecule has 0 N–H and O–H groups in total. The highest BCUT2D eigenvalue weighted by atomic mass is 31.1. The molecule has 6 nitrogen and oxygen atoms in total. The van der Waals surface area contributed by atoms with Gasteiger partial charge in [0.05, 0.1) is 52.0 Å². The molecule has 8 heteroatoms. The molecule has 6 aromatic rings. The molecule has 0 saturated heterocycles. The Labute approximate surface area is 272 Å². The fourth-order valence-corrected chi connectivity index (χ4v) is 10.7. The van der Waals surface area contributed by atoms with Crippen LogP contribution in [0.4, 0.5) is 0 Å². The molecule has 2 aromatic heterocycles. The standard InChI is InChI=1S/C38H34N2O4P2/c1-41-31-25-39-37(43-3)33(35(31)45(27-17-9-5-10-18-27)28-19-11-6-12-20-28)34-36(32(42-2)26-40-38(34)44-4)46(29-21-13-7-14-22-29)30-23-15-8-16-24-30/h5-26H,1-4H3. The molecule has 0 fully saturated rings. The van der Waals surface area contributed by atoms with Crippen molar-refractivity contribution < 1.29 is 18.9 Å². The zero-order chi connectivity index (χ0) is 31.9. The van der Waals surface area contributed by atoms with Crippen LogP contribution in [0.5, 0.6) is 23.3 Å². The summed E-state index contributed by atoms with van der Waals surface area (Å²) in [6.07, 6.45) is 3.49. The van der Waals surface area contributed by atoms with E-state index < -0.39 is 15.8 Å². The predicted molar refractivity (Wildman–Crippen MR) is 191 cm³/mol. The van der Waals surface area contributed by atoms with Crippen molar-refractivity contribution in [2.75, 3.05) is 28.4 Å². The molecule has 230 valence electrons. The van der Waals surface area contributed by atoms with Crippen LogP contribution in [-0.4, -0.2) is 38.4 Å². The van der Waals surface area contributed by atoms with Gasteiger partial charge < -0.3 is 18.9 Å². The number of benzene rings is 4. The van der Waals surface area contributed by atoms with E-state index >= 15 is 0 Å². The summed E-state index contributed by atoms with van der Waals surface area (Å²) in [6, 6.07) is 42.0. The molecule has 0 spiro atoms. The first-order chi connectivity index (χ1) is 22.7. The quantitative estimate of drug-likeness (QED) is 0.169. The SMILES string of the molecule is COc1cnc(OC)c(-c2c(OC)ncc(OC)c2P(c2ccccc2)c2ccccc2)c1P(c1ccccc1)c1ccccc1. The molecule has 0 aliphatic rings. The van der Waals surface area contributed by atoms with Crippen molar-refractivity contribution in [3.63, 3.8) is 0 Å². The molecule has 4 aromatic carbocycles. The fraction of sp³-hybridized carbons (Fsp3) is 0.105. The lowest BCUT2D eigenvalue weighted by molar-refractivity contribution is 0.385. The van der Waals surface area contributed by atoms with Gasteiger partial charge in [-0.2, -0.15) is 0 Å². The smallest absolute Gasteiger partial charge is 0.222 e. The largest absolute Gasteiger partial charge is 0.494 e. The predicted octanol–water partition coefficient (Wildman–Crippen LogP) is 5.69. The molecular formula is C38H34N2O4P2. The van der Waals surface area contributed by atoms with Gasteiger partial charge in [0, 0.05) is 10.6 Å². The maximum absolute atomic E-state index is 6.14. The molecular weight excluding hydrogens is 610 g/mol. The highest BCUT2D eigenvalue weighted by Crippen LogP contribution is 2.49. The molecule has 0 bridgehead atoms. The van der Waals surface area contributed by atoms with E-state index in [1.165, 1.54) is 0 Å². The van der Waals surface area contributed by atoms with Crippen molar-refractivity contribution >= 4 is 47.7 Å². The van der Waals surface area contributed by atoms with Crippen LogP contribution >= 0.6 is 15.8 Å². The van der Waals surface area contributed by atoms with E-state index in [0.29, 0.717) is 23.3 Å². The molecule has 46 heavy (non-hydrogen) atoms. The maximum atomic E-state index is 6.14. The van der Waals surface area contributed by atoms with Crippen molar-refractivity contribution in [1.29, 1.82) is 0 Å². The Morgan fingerprint density at radius 2 is 0.674 bits per heavy atom. The lowest BCUT2D eigenvalue weighted by atomic mass is 10.1. The van der Waals surface area contributed by atoms with E-state index in [2.05, 4.69) is 97.1 Å². The van der Waals surface area contributed by atoms with Crippen molar-refractivity contribution in [2.24, 2.45) is 0 Å². The van der Waals surface area contributed by atoms with E-state index in [4.69, 9.17) is 28.9 Å². The van der Waals surface area contributed by atoms with Crippen molar-refractivity contribution in [3.8, 4) is 34.4 Å². The van der Waals surface area contributed by atoms with E-state index in [1.54, 1.807) is 40.8 Å². The van der Waals surface area contributed by atoms with E-state index in [9.17, 15) is 0 Å². The van der Waals surface area contributed by atoms with Crippen LogP contribution in [0.2, 0.25) is 0 Å². The van der Waals surface area contributed by atoms with Crippen molar-refractivity contribution in [2.45, 2.75) is 0 Å². The molecule has 0 unspecified atom stereocenters. The number of ether oxygens (including phenoxy) is 4. The molecule has 0 amide bonds. The van der Waals surface area contributed by atoms with Gasteiger partial charge in [-0.3, -0.25) is 0 Å². The van der Waals surface area contributed by atoms with E-state index in [0.717, 1.165) is 43.0 Å². The van der Waals surface area contributed by atoms with Crippen molar-refractivity contribution in [1.82, 2.24) is 9.97 Å². The Hall–Kier alpha value is -4.76. The summed E-state index contributed by atoms with van der Waals surface area (Å²) >= 11 is 0. The van der Waals surface area contributed by atoms with E-state index in [1.807, 2.05) is 24.3 Å². The van der Waals surface area contributed by atoms with Crippen LogP contribution in [0.1, 0.15) is 0 Å². The average molecular weight is 645 g/mol. The minimum atomic E-state index is -1.17. The first-order valence-corrected chi connectivity index (χ1v) is 17.4. The maximum Gasteiger partial charge on any atom is 0.222 e. The molecule has 0 atom stereocenters. The van der Waals surface area contributed by atoms with Crippen molar-refractivity contribution in [3.05, 3.63) is 134 Å². The molecule has 0 aliphatic heterocycles. The third kappa shape index (κ3) is 6.07.